The Kier molecular flexibility index (Phi) is 6.24. The normalized spacial score (nSPS) is 17.7. The number of nitrogens with one attached hydrogen (secondary N) is 2. The van der Waals surface area contributed by atoms with Crippen molar-refractivity contribution in [2.75, 3.05) is 25.0 Å². The van der Waals surface area contributed by atoms with Gasteiger partial charge < -0.3 is 15.5 Å². The summed E-state index contributed by atoms with van der Waals surface area (Å²) in [5, 5.41) is 6.26. The molecule has 4 rings (SSSR count). The van der Waals surface area contributed by atoms with Crippen molar-refractivity contribution in [1.82, 2.24) is 15.1 Å². The second-order valence-electron chi connectivity index (χ2n) is 8.21. The maximum atomic E-state index is 13.4. The van der Waals surface area contributed by atoms with Gasteiger partial charge in [-0.1, -0.05) is 35.9 Å². The fourth-order valence-corrected chi connectivity index (χ4v) is 4.33. The van der Waals surface area contributed by atoms with Crippen molar-refractivity contribution in [3.63, 3.8) is 0 Å². The van der Waals surface area contributed by atoms with E-state index in [-0.39, 0.29) is 37.5 Å². The van der Waals surface area contributed by atoms with E-state index in [0.717, 1.165) is 11.1 Å². The first kappa shape index (κ1) is 22.6. The molecule has 0 radical (unpaired) electrons. The van der Waals surface area contributed by atoms with Gasteiger partial charge in [-0.3, -0.25) is 14.5 Å². The van der Waals surface area contributed by atoms with Crippen LogP contribution in [0.5, 0.6) is 0 Å². The third-order valence-corrected chi connectivity index (χ3v) is 6.15. The van der Waals surface area contributed by atoms with E-state index in [0.29, 0.717) is 27.5 Å². The zero-order chi connectivity index (χ0) is 23.7. The highest BCUT2D eigenvalue weighted by atomic mass is 35.5. The number of hydrogen-bond donors (Lipinski definition) is 2. The summed E-state index contributed by atoms with van der Waals surface area (Å²) in [4.78, 5) is 41.9. The van der Waals surface area contributed by atoms with Gasteiger partial charge in [0.2, 0.25) is 5.91 Å². The summed E-state index contributed by atoms with van der Waals surface area (Å²) in [6.45, 7) is 7.97. The molecule has 0 saturated heterocycles. The Labute approximate surface area is 197 Å². The second-order valence-corrected chi connectivity index (χ2v) is 8.64. The lowest BCUT2D eigenvalue weighted by atomic mass is 9.95. The summed E-state index contributed by atoms with van der Waals surface area (Å²) >= 11 is 6.15. The number of amides is 4. The Balaban J connectivity index is 1.58. The predicted molar refractivity (Wildman–Crippen MR) is 128 cm³/mol. The lowest BCUT2D eigenvalue weighted by Gasteiger charge is -2.33. The van der Waals surface area contributed by atoms with Crippen molar-refractivity contribution in [1.29, 1.82) is 0 Å². The van der Waals surface area contributed by atoms with Gasteiger partial charge in [-0.05, 0) is 54.8 Å². The molecule has 1 atom stereocenters. The summed E-state index contributed by atoms with van der Waals surface area (Å²) < 4.78 is 0. The molecule has 0 aromatic heterocycles. The molecular weight excluding hydrogens is 440 g/mol. The van der Waals surface area contributed by atoms with Crippen molar-refractivity contribution < 1.29 is 14.4 Å². The minimum atomic E-state index is -0.646. The average Bonchev–Trinajstić information content (AvgIpc) is 3.08. The molecule has 8 heteroatoms. The van der Waals surface area contributed by atoms with Crippen molar-refractivity contribution in [2.24, 2.45) is 0 Å². The number of benzene rings is 2. The Morgan fingerprint density at radius 3 is 2.70 bits per heavy atom. The molecule has 0 saturated carbocycles. The van der Waals surface area contributed by atoms with Crippen LogP contribution in [-0.4, -0.2) is 47.3 Å². The molecule has 2 heterocycles. The first-order valence-corrected chi connectivity index (χ1v) is 11.0. The van der Waals surface area contributed by atoms with Crippen LogP contribution in [0.15, 0.2) is 66.4 Å². The summed E-state index contributed by atoms with van der Waals surface area (Å²) in [7, 11) is 0. The van der Waals surface area contributed by atoms with Crippen LogP contribution in [0.2, 0.25) is 5.02 Å². The topological polar surface area (TPSA) is 81.8 Å². The van der Waals surface area contributed by atoms with E-state index in [1.807, 2.05) is 38.1 Å². The molecule has 33 heavy (non-hydrogen) atoms. The average molecular weight is 465 g/mol. The van der Waals surface area contributed by atoms with Crippen LogP contribution >= 0.6 is 11.6 Å². The second kappa shape index (κ2) is 9.11. The molecule has 0 bridgehead atoms. The number of halogens is 1. The number of urea groups is 1. The first-order valence-electron chi connectivity index (χ1n) is 10.6. The molecule has 0 aliphatic carbocycles. The van der Waals surface area contributed by atoms with Crippen LogP contribution in [0.4, 0.5) is 10.5 Å². The maximum absolute atomic E-state index is 13.4. The summed E-state index contributed by atoms with van der Waals surface area (Å²) in [6, 6.07) is 11.7. The number of carbonyl (C=O) groups is 3. The predicted octanol–water partition coefficient (Wildman–Crippen LogP) is 3.94. The fourth-order valence-electron chi connectivity index (χ4n) is 4.13. The van der Waals surface area contributed by atoms with Gasteiger partial charge in [-0.15, -0.1) is 6.58 Å². The van der Waals surface area contributed by atoms with Crippen LogP contribution in [0.1, 0.15) is 22.7 Å². The quantitative estimate of drug-likeness (QED) is 0.635. The number of aryl methyl sites for hydroxylation is 2. The molecule has 2 aromatic carbocycles. The monoisotopic (exact) mass is 464 g/mol. The largest absolute Gasteiger partial charge is 0.326 e. The Morgan fingerprint density at radius 2 is 2.00 bits per heavy atom. The van der Waals surface area contributed by atoms with E-state index in [9.17, 15) is 14.4 Å². The van der Waals surface area contributed by atoms with Crippen molar-refractivity contribution in [3.05, 3.63) is 88.1 Å². The number of hydrogen-bond acceptors (Lipinski definition) is 3. The molecule has 2 N–H and O–H groups in total. The number of rotatable bonds is 6. The first-order chi connectivity index (χ1) is 15.8. The summed E-state index contributed by atoms with van der Waals surface area (Å²) in [6.07, 6.45) is 1.60. The Bertz CT molecular complexity index is 1190. The Hall–Kier alpha value is -3.58. The molecule has 4 amide bonds. The third-order valence-electron chi connectivity index (χ3n) is 5.92. The summed E-state index contributed by atoms with van der Waals surface area (Å²) in [5.74, 6) is -0.598. The molecule has 2 aliphatic heterocycles. The minimum absolute atomic E-state index is 0.128. The zero-order valence-electron chi connectivity index (χ0n) is 18.5. The Morgan fingerprint density at radius 1 is 1.21 bits per heavy atom. The van der Waals surface area contributed by atoms with Crippen molar-refractivity contribution in [3.8, 4) is 0 Å². The fraction of sp³-hybridized carbons (Fsp3) is 0.240. The smallest absolute Gasteiger partial charge is 0.322 e. The molecule has 7 nitrogen and oxygen atoms in total. The van der Waals surface area contributed by atoms with Crippen LogP contribution in [0.25, 0.3) is 0 Å². The summed E-state index contributed by atoms with van der Waals surface area (Å²) in [5.41, 5.74) is 4.60. The molecule has 2 aromatic rings. The van der Waals surface area contributed by atoms with Gasteiger partial charge in [0, 0.05) is 17.3 Å². The highest BCUT2D eigenvalue weighted by Crippen LogP contribution is 2.36. The van der Waals surface area contributed by atoms with Crippen LogP contribution in [0.3, 0.4) is 0 Å². The minimum Gasteiger partial charge on any atom is -0.326 e. The van der Waals surface area contributed by atoms with E-state index < -0.39 is 6.04 Å². The van der Waals surface area contributed by atoms with E-state index >= 15 is 0 Å². The molecule has 2 aliphatic rings. The van der Waals surface area contributed by atoms with Gasteiger partial charge in [0.25, 0.3) is 5.91 Å². The van der Waals surface area contributed by atoms with Crippen LogP contribution in [0, 0.1) is 13.8 Å². The van der Waals surface area contributed by atoms with E-state index in [4.69, 9.17) is 11.6 Å². The van der Waals surface area contributed by atoms with E-state index in [1.54, 1.807) is 24.3 Å². The van der Waals surface area contributed by atoms with E-state index in [1.165, 1.54) is 9.80 Å². The van der Waals surface area contributed by atoms with Gasteiger partial charge in [-0.2, -0.15) is 0 Å². The van der Waals surface area contributed by atoms with Crippen molar-refractivity contribution >= 4 is 35.1 Å². The van der Waals surface area contributed by atoms with Gasteiger partial charge in [0.15, 0.2) is 0 Å². The standard InChI is InChI=1S/C25H25ClN4O3/c1-4-10-30-20-13-29(14-21(31)27-19-9-8-15(2)16(3)11-19)24(32)22(20)23(28-25(30)33)17-6-5-7-18(26)12-17/h4-9,11-12,23H,1,10,13-14H2,2-3H3,(H,27,31)(H,28,33)/t23-/m0/s1. The van der Waals surface area contributed by atoms with Crippen molar-refractivity contribution in [2.45, 2.75) is 19.9 Å². The SMILES string of the molecule is C=CCN1C(=O)N[C@@H](c2cccc(Cl)c2)C2=C1CN(CC(=O)Nc1ccc(C)c(C)c1)C2=O. The van der Waals surface area contributed by atoms with Gasteiger partial charge >= 0.3 is 6.03 Å². The van der Waals surface area contributed by atoms with Gasteiger partial charge in [0.1, 0.15) is 6.54 Å². The van der Waals surface area contributed by atoms with Crippen LogP contribution < -0.4 is 10.6 Å². The molecule has 170 valence electrons. The molecule has 0 fully saturated rings. The lowest BCUT2D eigenvalue weighted by molar-refractivity contribution is -0.130. The van der Waals surface area contributed by atoms with E-state index in [2.05, 4.69) is 17.2 Å². The highest BCUT2D eigenvalue weighted by Gasteiger charge is 2.44. The number of nitrogens with zero attached hydrogens (tertiary/aromatic N) is 2. The maximum Gasteiger partial charge on any atom is 0.322 e. The number of carbonyl (C=O) groups excluding carboxylic acids is 3. The highest BCUT2D eigenvalue weighted by molar-refractivity contribution is 6.30. The van der Waals surface area contributed by atoms with Gasteiger partial charge in [0.05, 0.1) is 23.9 Å². The molecule has 0 unspecified atom stereocenters. The number of anilines is 1. The zero-order valence-corrected chi connectivity index (χ0v) is 19.3. The third kappa shape index (κ3) is 4.50. The lowest BCUT2D eigenvalue weighted by Crippen LogP contribution is -2.47. The molecule has 0 spiro atoms. The molecular formula is C25H25ClN4O3. The van der Waals surface area contributed by atoms with Crippen LogP contribution in [-0.2, 0) is 9.59 Å². The van der Waals surface area contributed by atoms with Gasteiger partial charge in [-0.25, -0.2) is 4.79 Å².